The minimum atomic E-state index is 0.256. The summed E-state index contributed by atoms with van der Waals surface area (Å²) in [6.45, 7) is 10.4. The van der Waals surface area contributed by atoms with E-state index >= 15 is 0 Å². The van der Waals surface area contributed by atoms with Crippen molar-refractivity contribution in [3.8, 4) is 17.1 Å². The topological polar surface area (TPSA) is 70.9 Å². The third-order valence-corrected chi connectivity index (χ3v) is 3.61. The van der Waals surface area contributed by atoms with Crippen LogP contribution in [0.5, 0.6) is 5.88 Å². The molecule has 0 radical (unpaired) electrons. The third kappa shape index (κ3) is 2.39. The molecular weight excluding hydrogens is 266 g/mol. The number of hydrogen-bond acceptors (Lipinski definition) is 4. The number of hydrogen-bond donors (Lipinski definition) is 1. The van der Waals surface area contributed by atoms with Crippen LogP contribution >= 0.6 is 0 Å². The van der Waals surface area contributed by atoms with E-state index in [1.54, 1.807) is 11.8 Å². The maximum atomic E-state index is 6.38. The fourth-order valence-electron chi connectivity index (χ4n) is 2.74. The predicted molar refractivity (Wildman–Crippen MR) is 84.6 cm³/mol. The number of nitrogens with zero attached hydrogens (tertiary/aromatic N) is 4. The van der Waals surface area contributed by atoms with Crippen molar-refractivity contribution >= 4 is 5.82 Å². The van der Waals surface area contributed by atoms with Gasteiger partial charge in [0, 0.05) is 19.0 Å². The number of imidazole rings is 1. The largest absolute Gasteiger partial charge is 0.481 e. The second-order valence-electron chi connectivity index (χ2n) is 5.92. The lowest BCUT2D eigenvalue weighted by atomic mass is 10.2. The van der Waals surface area contributed by atoms with Gasteiger partial charge < -0.3 is 15.0 Å². The molecule has 0 saturated heterocycles. The molecule has 0 amide bonds. The number of nitrogen functional groups attached to an aromatic ring is 1. The Bertz CT molecular complexity index is 652. The molecule has 6 heteroatoms. The lowest BCUT2D eigenvalue weighted by Gasteiger charge is -2.15. The Kier molecular flexibility index (Phi) is 3.98. The fourth-order valence-corrected chi connectivity index (χ4v) is 2.74. The zero-order valence-corrected chi connectivity index (χ0v) is 13.9. The first-order valence-corrected chi connectivity index (χ1v) is 7.25. The Hall–Kier alpha value is -1.98. The van der Waals surface area contributed by atoms with Crippen molar-refractivity contribution in [3.05, 3.63) is 11.5 Å². The molecule has 0 saturated carbocycles. The molecule has 21 heavy (non-hydrogen) atoms. The van der Waals surface area contributed by atoms with Gasteiger partial charge in [-0.25, -0.2) is 9.67 Å². The van der Waals surface area contributed by atoms with Crippen LogP contribution in [0.2, 0.25) is 0 Å². The molecule has 2 rings (SSSR count). The SMILES string of the molecule is COc1c(-c2nc(C(C)C)n(C(C)C)c2N)c(C)nn1C. The molecule has 0 fully saturated rings. The minimum absolute atomic E-state index is 0.256. The van der Waals surface area contributed by atoms with Crippen molar-refractivity contribution < 1.29 is 4.74 Å². The lowest BCUT2D eigenvalue weighted by Crippen LogP contribution is -2.10. The van der Waals surface area contributed by atoms with Gasteiger partial charge in [0.15, 0.2) is 0 Å². The van der Waals surface area contributed by atoms with E-state index in [9.17, 15) is 0 Å². The van der Waals surface area contributed by atoms with Crippen LogP contribution in [0.1, 0.15) is 51.2 Å². The van der Waals surface area contributed by atoms with Crippen molar-refractivity contribution in [3.63, 3.8) is 0 Å². The van der Waals surface area contributed by atoms with Crippen LogP contribution in [-0.4, -0.2) is 26.4 Å². The molecule has 2 N–H and O–H groups in total. The molecule has 6 nitrogen and oxygen atoms in total. The summed E-state index contributed by atoms with van der Waals surface area (Å²) in [5.74, 6) is 2.64. The van der Waals surface area contributed by atoms with Gasteiger partial charge in [0.25, 0.3) is 0 Å². The zero-order valence-electron chi connectivity index (χ0n) is 13.9. The molecule has 0 bridgehead atoms. The maximum Gasteiger partial charge on any atom is 0.221 e. The number of aromatic nitrogens is 4. The van der Waals surface area contributed by atoms with E-state index in [0.29, 0.717) is 17.6 Å². The Balaban J connectivity index is 2.74. The predicted octanol–water partition coefficient (Wildman–Crippen LogP) is 2.89. The van der Waals surface area contributed by atoms with Crippen LogP contribution in [0.4, 0.5) is 5.82 Å². The molecule has 2 aromatic rings. The molecule has 0 aromatic carbocycles. The van der Waals surface area contributed by atoms with Gasteiger partial charge in [-0.05, 0) is 20.8 Å². The molecule has 0 aliphatic rings. The Morgan fingerprint density at radius 1 is 1.19 bits per heavy atom. The van der Waals surface area contributed by atoms with Crippen molar-refractivity contribution in [1.29, 1.82) is 0 Å². The number of nitrogens with two attached hydrogens (primary N) is 1. The van der Waals surface area contributed by atoms with Crippen LogP contribution in [0, 0.1) is 6.92 Å². The summed E-state index contributed by atoms with van der Waals surface area (Å²) in [7, 11) is 3.49. The number of ether oxygens (including phenoxy) is 1. The highest BCUT2D eigenvalue weighted by molar-refractivity contribution is 5.77. The summed E-state index contributed by atoms with van der Waals surface area (Å²) in [6.07, 6.45) is 0. The van der Waals surface area contributed by atoms with Gasteiger partial charge in [0.05, 0.1) is 18.4 Å². The first-order chi connectivity index (χ1) is 9.79. The Morgan fingerprint density at radius 3 is 2.24 bits per heavy atom. The van der Waals surface area contributed by atoms with E-state index in [-0.39, 0.29) is 6.04 Å². The van der Waals surface area contributed by atoms with Crippen LogP contribution in [0.15, 0.2) is 0 Å². The molecule has 0 aliphatic heterocycles. The summed E-state index contributed by atoms with van der Waals surface area (Å²) in [6, 6.07) is 0.256. The second-order valence-corrected chi connectivity index (χ2v) is 5.92. The fraction of sp³-hybridized carbons (Fsp3) is 0.600. The monoisotopic (exact) mass is 291 g/mol. The van der Waals surface area contributed by atoms with E-state index in [0.717, 1.165) is 22.8 Å². The number of rotatable bonds is 4. The second kappa shape index (κ2) is 5.42. The highest BCUT2D eigenvalue weighted by Crippen LogP contribution is 2.38. The van der Waals surface area contributed by atoms with Crippen molar-refractivity contribution in [2.24, 2.45) is 7.05 Å². The van der Waals surface area contributed by atoms with Gasteiger partial charge in [-0.2, -0.15) is 5.10 Å². The van der Waals surface area contributed by atoms with Crippen LogP contribution in [-0.2, 0) is 7.05 Å². The summed E-state index contributed by atoms with van der Waals surface area (Å²) in [5.41, 5.74) is 8.88. The number of anilines is 1. The maximum absolute atomic E-state index is 6.38. The van der Waals surface area contributed by atoms with Crippen LogP contribution < -0.4 is 10.5 Å². The summed E-state index contributed by atoms with van der Waals surface area (Å²) >= 11 is 0. The van der Waals surface area contributed by atoms with Crippen LogP contribution in [0.3, 0.4) is 0 Å². The first-order valence-electron chi connectivity index (χ1n) is 7.25. The smallest absolute Gasteiger partial charge is 0.221 e. The lowest BCUT2D eigenvalue weighted by molar-refractivity contribution is 0.374. The van der Waals surface area contributed by atoms with E-state index < -0.39 is 0 Å². The molecule has 116 valence electrons. The first kappa shape index (κ1) is 15.4. The van der Waals surface area contributed by atoms with Crippen LogP contribution in [0.25, 0.3) is 11.3 Å². The van der Waals surface area contributed by atoms with E-state index in [1.807, 2.05) is 14.0 Å². The average molecular weight is 291 g/mol. The number of aryl methyl sites for hydroxylation is 2. The Labute approximate surface area is 125 Å². The third-order valence-electron chi connectivity index (χ3n) is 3.61. The van der Waals surface area contributed by atoms with Gasteiger partial charge in [-0.15, -0.1) is 0 Å². The number of methoxy groups -OCH3 is 1. The highest BCUT2D eigenvalue weighted by Gasteiger charge is 2.25. The summed E-state index contributed by atoms with van der Waals surface area (Å²) < 4.78 is 9.28. The highest BCUT2D eigenvalue weighted by atomic mass is 16.5. The Morgan fingerprint density at radius 2 is 1.81 bits per heavy atom. The van der Waals surface area contributed by atoms with E-state index in [1.165, 1.54) is 0 Å². The minimum Gasteiger partial charge on any atom is -0.481 e. The van der Waals surface area contributed by atoms with Gasteiger partial charge in [-0.3, -0.25) is 0 Å². The summed E-state index contributed by atoms with van der Waals surface area (Å²) in [5, 5.41) is 4.41. The van der Waals surface area contributed by atoms with E-state index in [2.05, 4.69) is 37.4 Å². The average Bonchev–Trinajstić information content (AvgIpc) is 2.86. The molecule has 0 aliphatic carbocycles. The van der Waals surface area contributed by atoms with Gasteiger partial charge >= 0.3 is 0 Å². The van der Waals surface area contributed by atoms with E-state index in [4.69, 9.17) is 15.5 Å². The van der Waals surface area contributed by atoms with Crippen molar-refractivity contribution in [2.45, 2.75) is 46.6 Å². The van der Waals surface area contributed by atoms with Gasteiger partial charge in [0.2, 0.25) is 5.88 Å². The quantitative estimate of drug-likeness (QED) is 0.940. The molecule has 2 heterocycles. The molecule has 0 atom stereocenters. The molecular formula is C15H25N5O. The molecule has 2 aromatic heterocycles. The van der Waals surface area contributed by atoms with Crippen molar-refractivity contribution in [1.82, 2.24) is 19.3 Å². The summed E-state index contributed by atoms with van der Waals surface area (Å²) in [4.78, 5) is 4.79. The zero-order chi connectivity index (χ0) is 15.9. The van der Waals surface area contributed by atoms with Gasteiger partial charge in [0.1, 0.15) is 17.3 Å². The molecule has 0 spiro atoms. The van der Waals surface area contributed by atoms with Gasteiger partial charge in [-0.1, -0.05) is 13.8 Å². The normalized spacial score (nSPS) is 11.7. The van der Waals surface area contributed by atoms with Crippen molar-refractivity contribution in [2.75, 3.05) is 12.8 Å². The standard InChI is InChI=1S/C15H25N5O/c1-8(2)14-17-12(13(16)20(14)9(3)4)11-10(5)18-19(6)15(11)21-7/h8-9H,16H2,1-7H3. The molecule has 0 unspecified atom stereocenters.